The molecule has 1 amide bonds. The smallest absolute Gasteiger partial charge is 0.223 e. The number of hydrogen-bond donors (Lipinski definition) is 0. The molecule has 2 fully saturated rings. The summed E-state index contributed by atoms with van der Waals surface area (Å²) in [6.07, 6.45) is 2.15. The standard InChI is InChI=1S/C26H33NO5/c1-18(2)19-6-9-22(10-7-19)30-14-12-27-17-21(16-25(27)28)20-8-11-23(29-3)24(15-20)32-26-5-4-13-31-26/h6-11,15,18,21,26H,4-5,12-14,16-17H2,1-3H3. The molecular formula is C26H33NO5. The van der Waals surface area contributed by atoms with Crippen LogP contribution in [0.15, 0.2) is 42.5 Å². The SMILES string of the molecule is COc1ccc(C2CC(=O)N(CCOc3ccc(C(C)C)cc3)C2)cc1OC1CCCO1. The molecule has 2 aliphatic heterocycles. The van der Waals surface area contributed by atoms with Crippen LogP contribution in [-0.2, 0) is 9.53 Å². The number of benzene rings is 2. The van der Waals surface area contributed by atoms with Crippen LogP contribution in [-0.4, -0.2) is 50.5 Å². The third-order valence-corrected chi connectivity index (χ3v) is 6.20. The Morgan fingerprint density at radius 3 is 2.62 bits per heavy atom. The van der Waals surface area contributed by atoms with Gasteiger partial charge in [-0.05, 0) is 47.7 Å². The Kier molecular flexibility index (Phi) is 7.20. The first-order valence-corrected chi connectivity index (χ1v) is 11.5. The summed E-state index contributed by atoms with van der Waals surface area (Å²) in [4.78, 5) is 14.5. The average Bonchev–Trinajstić information content (AvgIpc) is 3.44. The predicted molar refractivity (Wildman–Crippen MR) is 123 cm³/mol. The van der Waals surface area contributed by atoms with E-state index in [-0.39, 0.29) is 18.1 Å². The van der Waals surface area contributed by atoms with Crippen LogP contribution in [0.25, 0.3) is 0 Å². The fourth-order valence-corrected chi connectivity index (χ4v) is 4.26. The van der Waals surface area contributed by atoms with Gasteiger partial charge in [-0.2, -0.15) is 0 Å². The second-order valence-electron chi connectivity index (χ2n) is 8.78. The van der Waals surface area contributed by atoms with E-state index >= 15 is 0 Å². The van der Waals surface area contributed by atoms with Crippen molar-refractivity contribution in [1.29, 1.82) is 0 Å². The van der Waals surface area contributed by atoms with Crippen molar-refractivity contribution in [3.63, 3.8) is 0 Å². The van der Waals surface area contributed by atoms with E-state index in [9.17, 15) is 4.79 Å². The van der Waals surface area contributed by atoms with Crippen molar-refractivity contribution < 1.29 is 23.7 Å². The first kappa shape index (κ1) is 22.5. The van der Waals surface area contributed by atoms with Gasteiger partial charge in [0.25, 0.3) is 0 Å². The Balaban J connectivity index is 1.33. The summed E-state index contributed by atoms with van der Waals surface area (Å²) in [7, 11) is 1.63. The van der Waals surface area contributed by atoms with Crippen molar-refractivity contribution in [2.24, 2.45) is 0 Å². The van der Waals surface area contributed by atoms with Crippen molar-refractivity contribution in [2.45, 2.75) is 51.2 Å². The van der Waals surface area contributed by atoms with Gasteiger partial charge in [-0.3, -0.25) is 4.79 Å². The minimum absolute atomic E-state index is 0.130. The minimum atomic E-state index is -0.229. The molecular weight excluding hydrogens is 406 g/mol. The van der Waals surface area contributed by atoms with E-state index in [4.69, 9.17) is 18.9 Å². The van der Waals surface area contributed by atoms with Crippen LogP contribution in [0.2, 0.25) is 0 Å². The molecule has 6 nitrogen and oxygen atoms in total. The Morgan fingerprint density at radius 2 is 1.94 bits per heavy atom. The molecule has 2 aliphatic rings. The summed E-state index contributed by atoms with van der Waals surface area (Å²) in [6.45, 7) is 6.81. The van der Waals surface area contributed by atoms with Crippen LogP contribution in [0.1, 0.15) is 56.1 Å². The third kappa shape index (κ3) is 5.36. The van der Waals surface area contributed by atoms with Gasteiger partial charge in [0.15, 0.2) is 17.8 Å². The summed E-state index contributed by atoms with van der Waals surface area (Å²) >= 11 is 0. The number of rotatable bonds is 9. The van der Waals surface area contributed by atoms with Crippen molar-refractivity contribution in [2.75, 3.05) is 33.4 Å². The zero-order valence-electron chi connectivity index (χ0n) is 19.2. The van der Waals surface area contributed by atoms with Crippen LogP contribution in [0, 0.1) is 0 Å². The van der Waals surface area contributed by atoms with Gasteiger partial charge in [0.1, 0.15) is 12.4 Å². The van der Waals surface area contributed by atoms with E-state index in [0.717, 1.165) is 30.8 Å². The molecule has 2 aromatic rings. The predicted octanol–water partition coefficient (Wildman–Crippen LogP) is 4.73. The van der Waals surface area contributed by atoms with Crippen LogP contribution >= 0.6 is 0 Å². The summed E-state index contributed by atoms with van der Waals surface area (Å²) in [5, 5.41) is 0. The lowest BCUT2D eigenvalue weighted by molar-refractivity contribution is -0.128. The number of ether oxygens (including phenoxy) is 4. The lowest BCUT2D eigenvalue weighted by Crippen LogP contribution is -2.29. The van der Waals surface area contributed by atoms with Crippen LogP contribution < -0.4 is 14.2 Å². The molecule has 4 rings (SSSR count). The van der Waals surface area contributed by atoms with Gasteiger partial charge >= 0.3 is 0 Å². The molecule has 172 valence electrons. The summed E-state index contributed by atoms with van der Waals surface area (Å²) in [5.41, 5.74) is 2.37. The maximum atomic E-state index is 12.6. The van der Waals surface area contributed by atoms with Gasteiger partial charge in [-0.15, -0.1) is 0 Å². The van der Waals surface area contributed by atoms with Gasteiger partial charge in [0.05, 0.1) is 20.3 Å². The lowest BCUT2D eigenvalue weighted by Gasteiger charge is -2.19. The fraction of sp³-hybridized carbons (Fsp3) is 0.500. The zero-order chi connectivity index (χ0) is 22.5. The minimum Gasteiger partial charge on any atom is -0.493 e. The van der Waals surface area contributed by atoms with Crippen molar-refractivity contribution >= 4 is 5.91 Å². The van der Waals surface area contributed by atoms with Gasteiger partial charge in [0.2, 0.25) is 5.91 Å². The molecule has 32 heavy (non-hydrogen) atoms. The highest BCUT2D eigenvalue weighted by Gasteiger charge is 2.31. The summed E-state index contributed by atoms with van der Waals surface area (Å²) in [6, 6.07) is 14.1. The van der Waals surface area contributed by atoms with Crippen LogP contribution in [0.5, 0.6) is 17.2 Å². The summed E-state index contributed by atoms with van der Waals surface area (Å²) in [5.74, 6) is 2.98. The third-order valence-electron chi connectivity index (χ3n) is 6.20. The van der Waals surface area contributed by atoms with Gasteiger partial charge in [-0.1, -0.05) is 32.0 Å². The van der Waals surface area contributed by atoms with Crippen molar-refractivity contribution in [3.8, 4) is 17.2 Å². The second kappa shape index (κ2) is 10.3. The van der Waals surface area contributed by atoms with Gasteiger partial charge < -0.3 is 23.8 Å². The molecule has 2 heterocycles. The molecule has 0 radical (unpaired) electrons. The molecule has 2 atom stereocenters. The van der Waals surface area contributed by atoms with E-state index in [0.29, 0.717) is 43.5 Å². The second-order valence-corrected chi connectivity index (χ2v) is 8.78. The molecule has 0 spiro atoms. The fourth-order valence-electron chi connectivity index (χ4n) is 4.26. The quantitative estimate of drug-likeness (QED) is 0.565. The molecule has 0 aliphatic carbocycles. The topological polar surface area (TPSA) is 57.2 Å². The van der Waals surface area contributed by atoms with E-state index < -0.39 is 0 Å². The van der Waals surface area contributed by atoms with Crippen molar-refractivity contribution in [1.82, 2.24) is 4.90 Å². The highest BCUT2D eigenvalue weighted by Crippen LogP contribution is 2.36. The number of carbonyl (C=O) groups is 1. The Morgan fingerprint density at radius 1 is 1.12 bits per heavy atom. The number of carbonyl (C=O) groups excluding carboxylic acids is 1. The molecule has 2 unspecified atom stereocenters. The molecule has 6 heteroatoms. The largest absolute Gasteiger partial charge is 0.493 e. The zero-order valence-corrected chi connectivity index (χ0v) is 19.2. The lowest BCUT2D eigenvalue weighted by atomic mass is 9.98. The molecule has 0 N–H and O–H groups in total. The van der Waals surface area contributed by atoms with Crippen LogP contribution in [0.4, 0.5) is 0 Å². The number of likely N-dealkylation sites (tertiary alicyclic amines) is 1. The van der Waals surface area contributed by atoms with Crippen molar-refractivity contribution in [3.05, 3.63) is 53.6 Å². The Labute approximate surface area is 190 Å². The maximum Gasteiger partial charge on any atom is 0.223 e. The first-order valence-electron chi connectivity index (χ1n) is 11.5. The maximum absolute atomic E-state index is 12.6. The number of nitrogens with zero attached hydrogens (tertiary/aromatic N) is 1. The van der Waals surface area contributed by atoms with Gasteiger partial charge in [-0.25, -0.2) is 0 Å². The first-order chi connectivity index (χ1) is 15.5. The Hall–Kier alpha value is -2.73. The normalized spacial score (nSPS) is 20.8. The van der Waals surface area contributed by atoms with E-state index in [2.05, 4.69) is 26.0 Å². The molecule has 2 aromatic carbocycles. The molecule has 0 aromatic heterocycles. The highest BCUT2D eigenvalue weighted by molar-refractivity contribution is 5.79. The number of amides is 1. The molecule has 0 bridgehead atoms. The van der Waals surface area contributed by atoms with Gasteiger partial charge in [0, 0.05) is 25.3 Å². The van der Waals surface area contributed by atoms with Crippen LogP contribution in [0.3, 0.4) is 0 Å². The highest BCUT2D eigenvalue weighted by atomic mass is 16.7. The van der Waals surface area contributed by atoms with E-state index in [1.165, 1.54) is 5.56 Å². The van der Waals surface area contributed by atoms with E-state index in [1.54, 1.807) is 7.11 Å². The average molecular weight is 440 g/mol. The van der Waals surface area contributed by atoms with E-state index in [1.807, 2.05) is 35.2 Å². The molecule has 2 saturated heterocycles. The Bertz CT molecular complexity index is 905. The number of hydrogen-bond acceptors (Lipinski definition) is 5. The molecule has 0 saturated carbocycles. The number of methoxy groups -OCH3 is 1. The monoisotopic (exact) mass is 439 g/mol. The summed E-state index contributed by atoms with van der Waals surface area (Å²) < 4.78 is 23.0.